The lowest BCUT2D eigenvalue weighted by Crippen LogP contribution is -2.43. The van der Waals surface area contributed by atoms with Gasteiger partial charge in [-0.05, 0) is 42.0 Å². The predicted molar refractivity (Wildman–Crippen MR) is 96.0 cm³/mol. The van der Waals surface area contributed by atoms with E-state index in [9.17, 15) is 12.8 Å². The van der Waals surface area contributed by atoms with Crippen molar-refractivity contribution in [2.24, 2.45) is 0 Å². The summed E-state index contributed by atoms with van der Waals surface area (Å²) in [7, 11) is -3.14. The van der Waals surface area contributed by atoms with Gasteiger partial charge in [0.1, 0.15) is 5.82 Å². The Hall–Kier alpha value is -1.28. The Morgan fingerprint density at radius 3 is 2.67 bits per heavy atom. The highest BCUT2D eigenvalue weighted by Crippen LogP contribution is 2.28. The second-order valence-corrected chi connectivity index (χ2v) is 8.96. The smallest absolute Gasteiger partial charge is 0.208 e. The fraction of sp³-hybridized carbons (Fsp3) is 0.412. The Balaban J connectivity index is 1.62. The number of likely N-dealkylation sites (tertiary alicyclic amines) is 1. The van der Waals surface area contributed by atoms with Crippen LogP contribution in [-0.4, -0.2) is 38.7 Å². The Morgan fingerprint density at radius 1 is 1.29 bits per heavy atom. The van der Waals surface area contributed by atoms with E-state index < -0.39 is 10.0 Å². The molecule has 4 nitrogen and oxygen atoms in total. The number of thiophene rings is 1. The van der Waals surface area contributed by atoms with Crippen LogP contribution in [0, 0.1) is 5.82 Å². The molecule has 0 bridgehead atoms. The van der Waals surface area contributed by atoms with Crippen LogP contribution >= 0.6 is 11.3 Å². The zero-order chi connectivity index (χ0) is 17.2. The zero-order valence-electron chi connectivity index (χ0n) is 13.5. The molecule has 0 radical (unpaired) electrons. The third-order valence-electron chi connectivity index (χ3n) is 4.19. The van der Waals surface area contributed by atoms with Gasteiger partial charge in [-0.25, -0.2) is 17.5 Å². The van der Waals surface area contributed by atoms with Crippen molar-refractivity contribution in [2.45, 2.75) is 25.4 Å². The van der Waals surface area contributed by atoms with E-state index in [0.29, 0.717) is 5.56 Å². The van der Waals surface area contributed by atoms with Gasteiger partial charge >= 0.3 is 0 Å². The minimum atomic E-state index is -3.14. The van der Waals surface area contributed by atoms with Crippen molar-refractivity contribution in [1.82, 2.24) is 9.62 Å². The topological polar surface area (TPSA) is 49.4 Å². The number of hydrogen-bond donors (Lipinski definition) is 1. The highest BCUT2D eigenvalue weighted by molar-refractivity contribution is 7.88. The van der Waals surface area contributed by atoms with E-state index in [4.69, 9.17) is 0 Å². The van der Waals surface area contributed by atoms with Crippen molar-refractivity contribution >= 4 is 21.4 Å². The Kier molecular flexibility index (Phi) is 5.34. The Bertz CT molecular complexity index is 783. The number of piperidine rings is 1. The fourth-order valence-electron chi connectivity index (χ4n) is 3.06. The van der Waals surface area contributed by atoms with E-state index in [2.05, 4.69) is 9.62 Å². The van der Waals surface area contributed by atoms with E-state index in [1.807, 2.05) is 29.6 Å². The molecule has 0 amide bonds. The highest BCUT2D eigenvalue weighted by atomic mass is 32.2. The maximum Gasteiger partial charge on any atom is 0.208 e. The lowest BCUT2D eigenvalue weighted by atomic mass is 10.0. The van der Waals surface area contributed by atoms with Gasteiger partial charge in [0.2, 0.25) is 10.0 Å². The van der Waals surface area contributed by atoms with E-state index >= 15 is 0 Å². The molecule has 1 fully saturated rings. The standard InChI is InChI=1S/C17H21FN2O2S2/c1-24(21,22)19-14-6-8-20(9-7-14)12-13-4-5-16(18)15(11-13)17-3-2-10-23-17/h2-5,10-11,14,19H,6-9,12H2,1H3. The average Bonchev–Trinajstić information content (AvgIpc) is 3.04. The van der Waals surface area contributed by atoms with Crippen molar-refractivity contribution in [3.63, 3.8) is 0 Å². The van der Waals surface area contributed by atoms with Crippen LogP contribution in [0.4, 0.5) is 4.39 Å². The maximum atomic E-state index is 14.0. The molecule has 24 heavy (non-hydrogen) atoms. The lowest BCUT2D eigenvalue weighted by Gasteiger charge is -2.32. The van der Waals surface area contributed by atoms with Crippen molar-refractivity contribution in [3.8, 4) is 10.4 Å². The van der Waals surface area contributed by atoms with Crippen LogP contribution < -0.4 is 4.72 Å². The van der Waals surface area contributed by atoms with Crippen LogP contribution in [0.5, 0.6) is 0 Å². The van der Waals surface area contributed by atoms with Gasteiger partial charge in [-0.1, -0.05) is 12.1 Å². The van der Waals surface area contributed by atoms with E-state index in [1.54, 1.807) is 0 Å². The van der Waals surface area contributed by atoms with Gasteiger partial charge in [0.25, 0.3) is 0 Å². The molecule has 1 aromatic carbocycles. The van der Waals surface area contributed by atoms with Crippen LogP contribution in [-0.2, 0) is 16.6 Å². The number of rotatable bonds is 5. The van der Waals surface area contributed by atoms with Crippen LogP contribution in [0.15, 0.2) is 35.7 Å². The molecule has 1 saturated heterocycles. The van der Waals surface area contributed by atoms with Crippen molar-refractivity contribution < 1.29 is 12.8 Å². The van der Waals surface area contributed by atoms with E-state index in [1.165, 1.54) is 23.7 Å². The number of nitrogens with zero attached hydrogens (tertiary/aromatic N) is 1. The first-order valence-electron chi connectivity index (χ1n) is 7.93. The highest BCUT2D eigenvalue weighted by Gasteiger charge is 2.21. The number of benzene rings is 1. The van der Waals surface area contributed by atoms with Crippen LogP contribution in [0.1, 0.15) is 18.4 Å². The van der Waals surface area contributed by atoms with Gasteiger partial charge in [-0.2, -0.15) is 0 Å². The quantitative estimate of drug-likeness (QED) is 0.882. The van der Waals surface area contributed by atoms with Gasteiger partial charge in [0, 0.05) is 36.1 Å². The molecule has 0 unspecified atom stereocenters. The summed E-state index contributed by atoms with van der Waals surface area (Å²) in [5, 5.41) is 1.95. The third-order valence-corrected chi connectivity index (χ3v) is 5.86. The first-order chi connectivity index (χ1) is 11.4. The molecule has 1 N–H and O–H groups in total. The largest absolute Gasteiger partial charge is 0.299 e. The molecule has 0 spiro atoms. The molecule has 7 heteroatoms. The van der Waals surface area contributed by atoms with Crippen molar-refractivity contribution in [1.29, 1.82) is 0 Å². The summed E-state index contributed by atoms with van der Waals surface area (Å²) in [6.07, 6.45) is 2.79. The van der Waals surface area contributed by atoms with Crippen LogP contribution in [0.25, 0.3) is 10.4 Å². The monoisotopic (exact) mass is 368 g/mol. The summed E-state index contributed by atoms with van der Waals surface area (Å²) in [6.45, 7) is 2.42. The molecule has 130 valence electrons. The Labute approximate surface area is 146 Å². The SMILES string of the molecule is CS(=O)(=O)NC1CCN(Cc2ccc(F)c(-c3cccs3)c2)CC1. The van der Waals surface area contributed by atoms with Crippen LogP contribution in [0.3, 0.4) is 0 Å². The molecule has 2 heterocycles. The van der Waals surface area contributed by atoms with Crippen molar-refractivity contribution in [2.75, 3.05) is 19.3 Å². The molecule has 1 aliphatic heterocycles. The van der Waals surface area contributed by atoms with Crippen molar-refractivity contribution in [3.05, 3.63) is 47.1 Å². The summed E-state index contributed by atoms with van der Waals surface area (Å²) in [5.41, 5.74) is 1.73. The second-order valence-electron chi connectivity index (χ2n) is 6.23. The Morgan fingerprint density at radius 2 is 2.04 bits per heavy atom. The lowest BCUT2D eigenvalue weighted by molar-refractivity contribution is 0.200. The number of nitrogens with one attached hydrogen (secondary N) is 1. The predicted octanol–water partition coefficient (Wildman–Crippen LogP) is 3.07. The first kappa shape index (κ1) is 17.5. The van der Waals surface area contributed by atoms with Gasteiger partial charge in [-0.15, -0.1) is 11.3 Å². The van der Waals surface area contributed by atoms with Gasteiger partial charge < -0.3 is 0 Å². The third kappa shape index (κ3) is 4.63. The minimum Gasteiger partial charge on any atom is -0.299 e. The zero-order valence-corrected chi connectivity index (χ0v) is 15.2. The second kappa shape index (κ2) is 7.31. The van der Waals surface area contributed by atoms with Gasteiger partial charge in [0.15, 0.2) is 0 Å². The fourth-order valence-corrected chi connectivity index (χ4v) is 4.65. The number of hydrogen-bond acceptors (Lipinski definition) is 4. The first-order valence-corrected chi connectivity index (χ1v) is 10.7. The molecule has 0 saturated carbocycles. The molecule has 1 aliphatic rings. The average molecular weight is 368 g/mol. The molecular formula is C17H21FN2O2S2. The summed E-state index contributed by atoms with van der Waals surface area (Å²) in [6, 6.07) is 9.14. The van der Waals surface area contributed by atoms with Crippen LogP contribution in [0.2, 0.25) is 0 Å². The molecule has 0 aliphatic carbocycles. The molecule has 3 rings (SSSR count). The molecular weight excluding hydrogens is 347 g/mol. The maximum absolute atomic E-state index is 14.0. The molecule has 2 aromatic rings. The van der Waals surface area contributed by atoms with E-state index in [-0.39, 0.29) is 11.9 Å². The molecule has 0 atom stereocenters. The van der Waals surface area contributed by atoms with Gasteiger partial charge in [0.05, 0.1) is 6.26 Å². The summed E-state index contributed by atoms with van der Waals surface area (Å²) in [5.74, 6) is -0.197. The minimum absolute atomic E-state index is 0.0196. The van der Waals surface area contributed by atoms with Gasteiger partial charge in [-0.3, -0.25) is 4.90 Å². The molecule has 1 aromatic heterocycles. The summed E-state index contributed by atoms with van der Waals surface area (Å²) >= 11 is 1.53. The number of sulfonamides is 1. The number of halogens is 1. The van der Waals surface area contributed by atoms with E-state index in [0.717, 1.165) is 42.9 Å². The summed E-state index contributed by atoms with van der Waals surface area (Å²) < 4.78 is 39.3. The summed E-state index contributed by atoms with van der Waals surface area (Å²) in [4.78, 5) is 3.22. The normalized spacial score (nSPS) is 17.2.